The summed E-state index contributed by atoms with van der Waals surface area (Å²) in [6.07, 6.45) is 3.40. The van der Waals surface area contributed by atoms with Crippen LogP contribution in [0.2, 0.25) is 0 Å². The van der Waals surface area contributed by atoms with Crippen LogP contribution in [0.5, 0.6) is 0 Å². The Hall–Kier alpha value is -1.69. The van der Waals surface area contributed by atoms with Gasteiger partial charge in [-0.3, -0.25) is 0 Å². The molecule has 0 bridgehead atoms. The lowest BCUT2D eigenvalue weighted by atomic mass is 10.1. The van der Waals surface area contributed by atoms with E-state index in [0.29, 0.717) is 30.2 Å². The van der Waals surface area contributed by atoms with Gasteiger partial charge in [0.2, 0.25) is 0 Å². The Labute approximate surface area is 118 Å². The van der Waals surface area contributed by atoms with E-state index in [1.54, 1.807) is 13.8 Å². The maximum absolute atomic E-state index is 11.3. The molecule has 6 heteroatoms. The molecule has 20 heavy (non-hydrogen) atoms. The van der Waals surface area contributed by atoms with Crippen LogP contribution in [0.15, 0.2) is 0 Å². The summed E-state index contributed by atoms with van der Waals surface area (Å²) in [7, 11) is 0. The number of carboxylic acid groups (broad SMARTS) is 1. The fourth-order valence-corrected chi connectivity index (χ4v) is 1.91. The van der Waals surface area contributed by atoms with Crippen LogP contribution in [-0.2, 0) is 4.74 Å². The minimum absolute atomic E-state index is 0.205. The highest BCUT2D eigenvalue weighted by Gasteiger charge is 2.21. The predicted octanol–water partition coefficient (Wildman–Crippen LogP) is 2.02. The minimum Gasteiger partial charge on any atom is -0.478 e. The van der Waals surface area contributed by atoms with Crippen molar-refractivity contribution in [3.05, 3.63) is 16.8 Å². The first-order valence-corrected chi connectivity index (χ1v) is 6.98. The van der Waals surface area contributed by atoms with E-state index in [-0.39, 0.29) is 5.56 Å². The molecule has 110 valence electrons. The van der Waals surface area contributed by atoms with Gasteiger partial charge in [0, 0.05) is 19.8 Å². The molecule has 2 rings (SSSR count). The number of rotatable bonds is 8. The number of nitrogens with zero attached hydrogens (tertiary/aromatic N) is 2. The highest BCUT2D eigenvalue weighted by molar-refractivity contribution is 5.94. The van der Waals surface area contributed by atoms with Gasteiger partial charge in [-0.2, -0.15) is 5.10 Å². The third kappa shape index (κ3) is 3.90. The van der Waals surface area contributed by atoms with Crippen molar-refractivity contribution in [3.8, 4) is 0 Å². The van der Waals surface area contributed by atoms with E-state index in [1.165, 1.54) is 12.8 Å². The third-order valence-corrected chi connectivity index (χ3v) is 3.48. The van der Waals surface area contributed by atoms with Gasteiger partial charge in [-0.1, -0.05) is 0 Å². The molecule has 0 aliphatic heterocycles. The first kappa shape index (κ1) is 14.7. The molecular weight excluding hydrogens is 258 g/mol. The van der Waals surface area contributed by atoms with Crippen molar-refractivity contribution in [2.24, 2.45) is 5.92 Å². The lowest BCUT2D eigenvalue weighted by Gasteiger charge is -2.11. The molecule has 0 unspecified atom stereocenters. The molecule has 6 nitrogen and oxygen atoms in total. The van der Waals surface area contributed by atoms with Gasteiger partial charge >= 0.3 is 5.97 Å². The molecule has 0 spiro atoms. The van der Waals surface area contributed by atoms with Crippen LogP contribution in [-0.4, -0.2) is 41.0 Å². The number of aromatic carboxylic acids is 1. The third-order valence-electron chi connectivity index (χ3n) is 3.48. The van der Waals surface area contributed by atoms with Crippen molar-refractivity contribution in [2.75, 3.05) is 25.1 Å². The van der Waals surface area contributed by atoms with Crippen molar-refractivity contribution >= 4 is 11.8 Å². The summed E-state index contributed by atoms with van der Waals surface area (Å²) in [6, 6.07) is 0. The van der Waals surface area contributed by atoms with E-state index in [0.717, 1.165) is 18.9 Å². The number of hydrogen-bond donors (Lipinski definition) is 2. The lowest BCUT2D eigenvalue weighted by Crippen LogP contribution is -2.14. The molecule has 1 heterocycles. The van der Waals surface area contributed by atoms with E-state index >= 15 is 0 Å². The Morgan fingerprint density at radius 1 is 1.40 bits per heavy atom. The Morgan fingerprint density at radius 2 is 2.15 bits per heavy atom. The summed E-state index contributed by atoms with van der Waals surface area (Å²) in [5.74, 6) is 0.128. The van der Waals surface area contributed by atoms with Gasteiger partial charge in [0.15, 0.2) is 5.82 Å². The summed E-state index contributed by atoms with van der Waals surface area (Å²) < 4.78 is 5.52. The van der Waals surface area contributed by atoms with Crippen LogP contribution in [0.1, 0.15) is 40.9 Å². The standard InChI is InChI=1S/C14H21N3O3/c1-9-10(2)16-17-13(12(9)14(18)19)15-6-3-7-20-8-11-4-5-11/h11H,3-8H2,1-2H3,(H,15,17)(H,18,19). The van der Waals surface area contributed by atoms with Gasteiger partial charge in [0.25, 0.3) is 0 Å². The molecule has 0 amide bonds. The number of hydrogen-bond acceptors (Lipinski definition) is 5. The number of carboxylic acids is 1. The largest absolute Gasteiger partial charge is 0.478 e. The predicted molar refractivity (Wildman–Crippen MR) is 75.1 cm³/mol. The quantitative estimate of drug-likeness (QED) is 0.708. The van der Waals surface area contributed by atoms with E-state index < -0.39 is 5.97 Å². The molecule has 1 aliphatic carbocycles. The molecule has 0 radical (unpaired) electrons. The molecule has 2 N–H and O–H groups in total. The molecule has 0 aromatic carbocycles. The average Bonchev–Trinajstić information content (AvgIpc) is 3.21. The molecule has 1 aliphatic rings. The number of nitrogens with one attached hydrogen (secondary N) is 1. The van der Waals surface area contributed by atoms with Crippen molar-refractivity contribution in [2.45, 2.75) is 33.1 Å². The minimum atomic E-state index is -0.979. The van der Waals surface area contributed by atoms with Crippen LogP contribution < -0.4 is 5.32 Å². The topological polar surface area (TPSA) is 84.3 Å². The first-order valence-electron chi connectivity index (χ1n) is 6.98. The lowest BCUT2D eigenvalue weighted by molar-refractivity contribution is 0.0696. The van der Waals surface area contributed by atoms with Crippen LogP contribution in [0, 0.1) is 19.8 Å². The number of aryl methyl sites for hydroxylation is 1. The number of anilines is 1. The maximum atomic E-state index is 11.3. The molecule has 1 aromatic rings. The zero-order valence-corrected chi connectivity index (χ0v) is 12.0. The van der Waals surface area contributed by atoms with Gasteiger partial charge in [-0.05, 0) is 44.6 Å². The number of ether oxygens (including phenoxy) is 1. The molecule has 0 saturated heterocycles. The van der Waals surface area contributed by atoms with Gasteiger partial charge in [0.1, 0.15) is 5.56 Å². The Kier molecular flexibility index (Phi) is 4.89. The van der Waals surface area contributed by atoms with Crippen molar-refractivity contribution in [3.63, 3.8) is 0 Å². The van der Waals surface area contributed by atoms with E-state index in [4.69, 9.17) is 4.74 Å². The SMILES string of the molecule is Cc1nnc(NCCCOCC2CC2)c(C(=O)O)c1C. The average molecular weight is 279 g/mol. The van der Waals surface area contributed by atoms with Crippen molar-refractivity contribution in [1.82, 2.24) is 10.2 Å². The van der Waals surface area contributed by atoms with Gasteiger partial charge in [-0.15, -0.1) is 5.10 Å². The van der Waals surface area contributed by atoms with Crippen LogP contribution in [0.4, 0.5) is 5.82 Å². The van der Waals surface area contributed by atoms with Crippen molar-refractivity contribution in [1.29, 1.82) is 0 Å². The smallest absolute Gasteiger partial charge is 0.339 e. The second-order valence-corrected chi connectivity index (χ2v) is 5.24. The Balaban J connectivity index is 1.82. The summed E-state index contributed by atoms with van der Waals surface area (Å²) in [4.78, 5) is 11.3. The molecule has 1 saturated carbocycles. The monoisotopic (exact) mass is 279 g/mol. The number of aromatic nitrogens is 2. The summed E-state index contributed by atoms with van der Waals surface area (Å²) in [6.45, 7) is 5.66. The summed E-state index contributed by atoms with van der Waals surface area (Å²) in [5.41, 5.74) is 1.50. The second kappa shape index (κ2) is 6.65. The maximum Gasteiger partial charge on any atom is 0.339 e. The molecular formula is C14H21N3O3. The van der Waals surface area contributed by atoms with Crippen LogP contribution in [0.25, 0.3) is 0 Å². The van der Waals surface area contributed by atoms with Crippen LogP contribution >= 0.6 is 0 Å². The van der Waals surface area contributed by atoms with Crippen LogP contribution in [0.3, 0.4) is 0 Å². The van der Waals surface area contributed by atoms with Gasteiger partial charge in [-0.25, -0.2) is 4.79 Å². The second-order valence-electron chi connectivity index (χ2n) is 5.24. The van der Waals surface area contributed by atoms with Crippen molar-refractivity contribution < 1.29 is 14.6 Å². The van der Waals surface area contributed by atoms with E-state index in [2.05, 4.69) is 15.5 Å². The normalized spacial score (nSPS) is 14.3. The Morgan fingerprint density at radius 3 is 2.80 bits per heavy atom. The van der Waals surface area contributed by atoms with E-state index in [9.17, 15) is 9.90 Å². The highest BCUT2D eigenvalue weighted by Crippen LogP contribution is 2.28. The summed E-state index contributed by atoms with van der Waals surface area (Å²) >= 11 is 0. The van der Waals surface area contributed by atoms with E-state index in [1.807, 2.05) is 0 Å². The zero-order chi connectivity index (χ0) is 14.5. The fourth-order valence-electron chi connectivity index (χ4n) is 1.91. The molecule has 1 fully saturated rings. The molecule has 1 aromatic heterocycles. The van der Waals surface area contributed by atoms with Gasteiger partial charge < -0.3 is 15.2 Å². The summed E-state index contributed by atoms with van der Waals surface area (Å²) in [5, 5.41) is 20.2. The number of carbonyl (C=O) groups is 1. The fraction of sp³-hybridized carbons (Fsp3) is 0.643. The molecule has 0 atom stereocenters. The highest BCUT2D eigenvalue weighted by atomic mass is 16.5. The first-order chi connectivity index (χ1) is 9.59. The van der Waals surface area contributed by atoms with Gasteiger partial charge in [0.05, 0.1) is 5.69 Å². The Bertz CT molecular complexity index is 487. The zero-order valence-electron chi connectivity index (χ0n) is 12.0.